The van der Waals surface area contributed by atoms with E-state index < -0.39 is 0 Å². The van der Waals surface area contributed by atoms with Crippen LogP contribution in [0.15, 0.2) is 53.5 Å². The van der Waals surface area contributed by atoms with Gasteiger partial charge in [-0.05, 0) is 30.0 Å². The third kappa shape index (κ3) is 2.49. The van der Waals surface area contributed by atoms with Crippen LogP contribution in [-0.4, -0.2) is 5.84 Å². The second-order valence-electron chi connectivity index (χ2n) is 4.75. The van der Waals surface area contributed by atoms with Crippen LogP contribution in [0.5, 0.6) is 0 Å². The maximum absolute atomic E-state index is 6.07. The molecule has 2 nitrogen and oxygen atoms in total. The summed E-state index contributed by atoms with van der Waals surface area (Å²) >= 11 is 0. The number of amidine groups is 1. The number of rotatable bonds is 1. The Labute approximate surface area is 119 Å². The van der Waals surface area contributed by atoms with Gasteiger partial charge in [-0.15, -0.1) is 12.4 Å². The summed E-state index contributed by atoms with van der Waals surface area (Å²) in [6.45, 7) is 2.13. The molecule has 0 amide bonds. The molecule has 0 fully saturated rings. The number of nitrogens with zero attached hydrogens (tertiary/aromatic N) is 1. The van der Waals surface area contributed by atoms with Crippen LogP contribution >= 0.6 is 12.4 Å². The lowest BCUT2D eigenvalue weighted by Gasteiger charge is -2.23. The summed E-state index contributed by atoms with van der Waals surface area (Å²) < 4.78 is 0. The molecule has 0 bridgehead atoms. The molecule has 1 atom stereocenters. The average molecular weight is 273 g/mol. The van der Waals surface area contributed by atoms with Crippen molar-refractivity contribution in [1.82, 2.24) is 0 Å². The maximum Gasteiger partial charge on any atom is 0.126 e. The number of halogens is 1. The van der Waals surface area contributed by atoms with Gasteiger partial charge in [-0.1, -0.05) is 48.5 Å². The summed E-state index contributed by atoms with van der Waals surface area (Å²) in [6, 6.07) is 16.8. The molecule has 0 aromatic heterocycles. The molecule has 3 heteroatoms. The minimum Gasteiger partial charge on any atom is -0.383 e. The van der Waals surface area contributed by atoms with E-state index in [1.807, 2.05) is 12.1 Å². The fraction of sp³-hybridized carbons (Fsp3) is 0.188. The summed E-state index contributed by atoms with van der Waals surface area (Å²) in [4.78, 5) is 4.65. The second-order valence-corrected chi connectivity index (χ2v) is 4.75. The molecule has 98 valence electrons. The van der Waals surface area contributed by atoms with Crippen molar-refractivity contribution in [3.05, 3.63) is 70.8 Å². The highest BCUT2D eigenvalue weighted by molar-refractivity contribution is 5.99. The first-order valence-electron chi connectivity index (χ1n) is 6.23. The molecular formula is C16H17ClN2. The van der Waals surface area contributed by atoms with Gasteiger partial charge in [0.1, 0.15) is 5.84 Å². The fourth-order valence-electron chi connectivity index (χ4n) is 2.58. The van der Waals surface area contributed by atoms with Gasteiger partial charge in [0.2, 0.25) is 0 Å². The van der Waals surface area contributed by atoms with Crippen molar-refractivity contribution in [3.8, 4) is 0 Å². The normalized spacial score (nSPS) is 17.1. The highest BCUT2D eigenvalue weighted by Gasteiger charge is 2.21. The number of aliphatic imine (C=N–C) groups is 1. The van der Waals surface area contributed by atoms with Crippen LogP contribution in [0.4, 0.5) is 0 Å². The molecule has 0 radical (unpaired) electrons. The van der Waals surface area contributed by atoms with E-state index in [4.69, 9.17) is 5.73 Å². The van der Waals surface area contributed by atoms with Gasteiger partial charge < -0.3 is 5.73 Å². The summed E-state index contributed by atoms with van der Waals surface area (Å²) in [5.74, 6) is 0.658. The van der Waals surface area contributed by atoms with Crippen molar-refractivity contribution < 1.29 is 0 Å². The Morgan fingerprint density at radius 3 is 2.53 bits per heavy atom. The molecule has 2 N–H and O–H groups in total. The van der Waals surface area contributed by atoms with Crippen LogP contribution in [-0.2, 0) is 6.42 Å². The highest BCUT2D eigenvalue weighted by Crippen LogP contribution is 2.30. The summed E-state index contributed by atoms with van der Waals surface area (Å²) in [7, 11) is 0. The minimum atomic E-state index is 0. The Balaban J connectivity index is 0.00000133. The number of hydrogen-bond donors (Lipinski definition) is 1. The predicted molar refractivity (Wildman–Crippen MR) is 82.0 cm³/mol. The zero-order valence-corrected chi connectivity index (χ0v) is 11.7. The van der Waals surface area contributed by atoms with Crippen LogP contribution in [0.3, 0.4) is 0 Å². The van der Waals surface area contributed by atoms with Gasteiger partial charge in [0.25, 0.3) is 0 Å². The summed E-state index contributed by atoms with van der Waals surface area (Å²) in [5.41, 5.74) is 11.0. The number of benzene rings is 2. The van der Waals surface area contributed by atoms with E-state index >= 15 is 0 Å². The predicted octanol–water partition coefficient (Wildman–Crippen LogP) is 3.42. The zero-order valence-electron chi connectivity index (χ0n) is 10.8. The van der Waals surface area contributed by atoms with Crippen molar-refractivity contribution in [3.63, 3.8) is 0 Å². The molecule has 3 rings (SSSR count). The lowest BCUT2D eigenvalue weighted by Crippen LogP contribution is -2.23. The standard InChI is InChI=1S/C16H16N2.ClH/c1-11-6-2-4-8-13(11)15-10-12-7-3-5-9-14(12)16(17)18-15;/h2-9,15H,10H2,1H3,(H2,17,18);1H. The number of fused-ring (bicyclic) bond motifs is 1. The molecule has 1 aliphatic heterocycles. The van der Waals surface area contributed by atoms with Crippen LogP contribution in [0.1, 0.15) is 28.3 Å². The molecule has 0 saturated carbocycles. The van der Waals surface area contributed by atoms with Gasteiger partial charge in [-0.3, -0.25) is 4.99 Å². The van der Waals surface area contributed by atoms with E-state index in [0.29, 0.717) is 5.84 Å². The lowest BCUT2D eigenvalue weighted by atomic mass is 9.91. The third-order valence-corrected chi connectivity index (χ3v) is 3.55. The molecule has 0 aliphatic carbocycles. The van der Waals surface area contributed by atoms with E-state index in [-0.39, 0.29) is 18.4 Å². The fourth-order valence-corrected chi connectivity index (χ4v) is 2.58. The van der Waals surface area contributed by atoms with Crippen LogP contribution in [0.2, 0.25) is 0 Å². The Hall–Kier alpha value is -1.80. The maximum atomic E-state index is 6.07. The van der Waals surface area contributed by atoms with Crippen molar-refractivity contribution in [2.45, 2.75) is 19.4 Å². The average Bonchev–Trinajstić information content (AvgIpc) is 2.39. The first-order chi connectivity index (χ1) is 8.75. The van der Waals surface area contributed by atoms with Gasteiger partial charge >= 0.3 is 0 Å². The Bertz CT molecular complexity index is 620. The van der Waals surface area contributed by atoms with Gasteiger partial charge in [0.15, 0.2) is 0 Å². The zero-order chi connectivity index (χ0) is 12.5. The minimum absolute atomic E-state index is 0. The van der Waals surface area contributed by atoms with Gasteiger partial charge in [0, 0.05) is 5.56 Å². The molecular weight excluding hydrogens is 256 g/mol. The molecule has 0 saturated heterocycles. The van der Waals surface area contributed by atoms with E-state index in [1.165, 1.54) is 16.7 Å². The second kappa shape index (κ2) is 5.45. The van der Waals surface area contributed by atoms with Crippen LogP contribution in [0.25, 0.3) is 0 Å². The smallest absolute Gasteiger partial charge is 0.126 e. The Morgan fingerprint density at radius 2 is 1.74 bits per heavy atom. The topological polar surface area (TPSA) is 38.4 Å². The largest absolute Gasteiger partial charge is 0.383 e. The first-order valence-corrected chi connectivity index (χ1v) is 6.23. The van der Waals surface area contributed by atoms with E-state index in [2.05, 4.69) is 48.3 Å². The summed E-state index contributed by atoms with van der Waals surface area (Å²) in [6.07, 6.45) is 0.932. The van der Waals surface area contributed by atoms with Gasteiger partial charge in [-0.2, -0.15) is 0 Å². The lowest BCUT2D eigenvalue weighted by molar-refractivity contribution is 0.705. The van der Waals surface area contributed by atoms with Crippen molar-refractivity contribution in [2.75, 3.05) is 0 Å². The molecule has 2 aromatic carbocycles. The highest BCUT2D eigenvalue weighted by atomic mass is 35.5. The van der Waals surface area contributed by atoms with E-state index in [9.17, 15) is 0 Å². The van der Waals surface area contributed by atoms with Crippen molar-refractivity contribution in [1.29, 1.82) is 0 Å². The third-order valence-electron chi connectivity index (χ3n) is 3.55. The van der Waals surface area contributed by atoms with E-state index in [1.54, 1.807) is 0 Å². The molecule has 2 aromatic rings. The van der Waals surface area contributed by atoms with Crippen LogP contribution < -0.4 is 5.73 Å². The van der Waals surface area contributed by atoms with Crippen LogP contribution in [0, 0.1) is 6.92 Å². The molecule has 0 spiro atoms. The molecule has 1 unspecified atom stereocenters. The summed E-state index contributed by atoms with van der Waals surface area (Å²) in [5, 5.41) is 0. The van der Waals surface area contributed by atoms with Crippen molar-refractivity contribution >= 4 is 18.2 Å². The van der Waals surface area contributed by atoms with Crippen molar-refractivity contribution in [2.24, 2.45) is 10.7 Å². The Kier molecular flexibility index (Phi) is 3.91. The number of aryl methyl sites for hydroxylation is 1. The van der Waals surface area contributed by atoms with Gasteiger partial charge in [-0.25, -0.2) is 0 Å². The molecule has 1 aliphatic rings. The SMILES string of the molecule is Cc1ccccc1C1Cc2ccccc2C(N)=N1.Cl. The monoisotopic (exact) mass is 272 g/mol. The first kappa shape index (κ1) is 13.6. The quantitative estimate of drug-likeness (QED) is 0.849. The Morgan fingerprint density at radius 1 is 1.05 bits per heavy atom. The number of nitrogens with two attached hydrogens (primary N) is 1. The molecule has 19 heavy (non-hydrogen) atoms. The number of hydrogen-bond acceptors (Lipinski definition) is 2. The molecule has 1 heterocycles. The van der Waals surface area contributed by atoms with E-state index in [0.717, 1.165) is 12.0 Å². The van der Waals surface area contributed by atoms with Gasteiger partial charge in [0.05, 0.1) is 6.04 Å².